The van der Waals surface area contributed by atoms with E-state index in [-0.39, 0.29) is 18.5 Å². The van der Waals surface area contributed by atoms with Gasteiger partial charge in [0.1, 0.15) is 0 Å². The first-order valence-electron chi connectivity index (χ1n) is 32.3. The molecular weight excluding hydrogens is 863 g/mol. The van der Waals surface area contributed by atoms with E-state index in [1.807, 2.05) is 0 Å². The van der Waals surface area contributed by atoms with Crippen molar-refractivity contribution in [2.45, 2.75) is 386 Å². The minimum Gasteiger partial charge on any atom is -0.466 e. The normalized spacial score (nSPS) is 12.5. The summed E-state index contributed by atoms with van der Waals surface area (Å²) < 4.78 is 5.49. The number of amides is 1. The van der Waals surface area contributed by atoms with E-state index < -0.39 is 12.1 Å². The third kappa shape index (κ3) is 56.2. The fourth-order valence-electron chi connectivity index (χ4n) is 10.5. The summed E-state index contributed by atoms with van der Waals surface area (Å²) in [6.07, 6.45) is 71.2. The molecule has 3 N–H and O–H groups in total. The minimum absolute atomic E-state index is 0.0178. The predicted molar refractivity (Wildman–Crippen MR) is 306 cm³/mol. The van der Waals surface area contributed by atoms with Crippen LogP contribution in [0.25, 0.3) is 0 Å². The van der Waals surface area contributed by atoms with E-state index in [4.69, 9.17) is 4.74 Å². The molecule has 1 amide bonds. The summed E-state index contributed by atoms with van der Waals surface area (Å²) in [6.45, 7) is 4.99. The Morgan fingerprint density at radius 2 is 0.586 bits per heavy atom. The number of hydrogen-bond acceptors (Lipinski definition) is 5. The van der Waals surface area contributed by atoms with Crippen LogP contribution in [-0.2, 0) is 14.3 Å². The molecule has 0 saturated heterocycles. The maximum Gasteiger partial charge on any atom is 0.305 e. The Kier molecular flexibility index (Phi) is 59.4. The first kappa shape index (κ1) is 68.9. The lowest BCUT2D eigenvalue weighted by Crippen LogP contribution is -2.45. The highest BCUT2D eigenvalue weighted by molar-refractivity contribution is 5.76. The van der Waals surface area contributed by atoms with Gasteiger partial charge in [0.25, 0.3) is 0 Å². The highest BCUT2D eigenvalue weighted by Gasteiger charge is 2.20. The number of aliphatic hydroxyl groups excluding tert-OH is 2. The molecule has 0 heterocycles. The first-order valence-corrected chi connectivity index (χ1v) is 32.3. The standard InChI is InChI=1S/C64H127NO5/c1-3-5-7-9-11-13-15-17-19-29-32-36-40-44-48-52-56-62(67)61(60-66)65-63(68)57-53-49-45-41-37-33-30-27-25-23-21-20-22-24-26-28-31-35-39-43-47-51-55-59-70-64(69)58-54-50-46-42-38-34-18-16-14-12-10-8-6-4-2/h61-62,66-67H,3-60H2,1-2H3,(H,65,68). The van der Waals surface area contributed by atoms with Gasteiger partial charge in [-0.3, -0.25) is 9.59 Å². The van der Waals surface area contributed by atoms with E-state index in [1.54, 1.807) is 0 Å². The molecule has 2 atom stereocenters. The van der Waals surface area contributed by atoms with Crippen molar-refractivity contribution in [3.8, 4) is 0 Å². The van der Waals surface area contributed by atoms with Crippen LogP contribution in [0.15, 0.2) is 0 Å². The van der Waals surface area contributed by atoms with Crippen LogP contribution in [0.3, 0.4) is 0 Å². The van der Waals surface area contributed by atoms with Crippen molar-refractivity contribution >= 4 is 11.9 Å². The topological polar surface area (TPSA) is 95.9 Å². The van der Waals surface area contributed by atoms with Gasteiger partial charge in [-0.2, -0.15) is 0 Å². The smallest absolute Gasteiger partial charge is 0.305 e. The van der Waals surface area contributed by atoms with E-state index in [9.17, 15) is 19.8 Å². The van der Waals surface area contributed by atoms with Gasteiger partial charge in [-0.25, -0.2) is 0 Å². The summed E-state index contributed by atoms with van der Waals surface area (Å²) in [5.74, 6) is -0.0129. The van der Waals surface area contributed by atoms with Crippen molar-refractivity contribution < 1.29 is 24.5 Å². The molecule has 0 radical (unpaired) electrons. The molecule has 0 aromatic heterocycles. The van der Waals surface area contributed by atoms with E-state index in [1.165, 1.54) is 302 Å². The molecular formula is C64H127NO5. The molecule has 0 rings (SSSR count). The zero-order chi connectivity index (χ0) is 50.7. The first-order chi connectivity index (χ1) is 34.5. The molecule has 0 aliphatic carbocycles. The van der Waals surface area contributed by atoms with Gasteiger partial charge >= 0.3 is 5.97 Å². The summed E-state index contributed by atoms with van der Waals surface area (Å²) in [4.78, 5) is 24.6. The van der Waals surface area contributed by atoms with E-state index in [0.717, 1.165) is 38.5 Å². The minimum atomic E-state index is -0.663. The molecule has 6 nitrogen and oxygen atoms in total. The molecule has 0 spiro atoms. The van der Waals surface area contributed by atoms with Crippen LogP contribution in [-0.4, -0.2) is 47.4 Å². The third-order valence-corrected chi connectivity index (χ3v) is 15.4. The monoisotopic (exact) mass is 990 g/mol. The zero-order valence-corrected chi connectivity index (χ0v) is 47.8. The molecule has 6 heteroatoms. The number of esters is 1. The maximum absolute atomic E-state index is 12.5. The molecule has 2 unspecified atom stereocenters. The van der Waals surface area contributed by atoms with Crippen LogP contribution in [0.2, 0.25) is 0 Å². The Morgan fingerprint density at radius 1 is 0.343 bits per heavy atom. The second kappa shape index (κ2) is 60.4. The van der Waals surface area contributed by atoms with Crippen molar-refractivity contribution in [2.24, 2.45) is 0 Å². The van der Waals surface area contributed by atoms with Gasteiger partial charge in [0.2, 0.25) is 5.91 Å². The maximum atomic E-state index is 12.5. The fourth-order valence-corrected chi connectivity index (χ4v) is 10.5. The molecule has 70 heavy (non-hydrogen) atoms. The number of rotatable bonds is 61. The van der Waals surface area contributed by atoms with Crippen LogP contribution in [0.5, 0.6) is 0 Å². The Bertz CT molecular complexity index is 1010. The molecule has 0 aliphatic rings. The van der Waals surface area contributed by atoms with E-state index >= 15 is 0 Å². The largest absolute Gasteiger partial charge is 0.466 e. The van der Waals surface area contributed by atoms with Gasteiger partial charge in [-0.05, 0) is 25.7 Å². The Hall–Kier alpha value is -1.14. The lowest BCUT2D eigenvalue weighted by atomic mass is 10.0. The van der Waals surface area contributed by atoms with Crippen molar-refractivity contribution in [1.29, 1.82) is 0 Å². The summed E-state index contributed by atoms with van der Waals surface area (Å²) in [6, 6.07) is -0.540. The second-order valence-electron chi connectivity index (χ2n) is 22.5. The summed E-state index contributed by atoms with van der Waals surface area (Å²) in [5.41, 5.74) is 0. The van der Waals surface area contributed by atoms with Gasteiger partial charge < -0.3 is 20.3 Å². The number of carbonyl (C=O) groups excluding carboxylic acids is 2. The SMILES string of the molecule is CCCCCCCCCCCCCCCCCCC(O)C(CO)NC(=O)CCCCCCCCCCCCCCCCCCCCCCCCCOC(=O)CCCCCCCCCCCCCCCC. The summed E-state index contributed by atoms with van der Waals surface area (Å²) in [7, 11) is 0. The Balaban J connectivity index is 3.35. The number of ether oxygens (including phenoxy) is 1. The molecule has 0 aromatic carbocycles. The number of unbranched alkanes of at least 4 members (excludes halogenated alkanes) is 50. The third-order valence-electron chi connectivity index (χ3n) is 15.4. The Morgan fingerprint density at radius 3 is 0.871 bits per heavy atom. The van der Waals surface area contributed by atoms with Crippen molar-refractivity contribution in [3.63, 3.8) is 0 Å². The second-order valence-corrected chi connectivity index (χ2v) is 22.5. The molecule has 0 aliphatic heterocycles. The van der Waals surface area contributed by atoms with Crippen molar-refractivity contribution in [3.05, 3.63) is 0 Å². The lowest BCUT2D eigenvalue weighted by molar-refractivity contribution is -0.143. The van der Waals surface area contributed by atoms with Crippen molar-refractivity contribution in [2.75, 3.05) is 13.2 Å². The van der Waals surface area contributed by atoms with Gasteiger partial charge in [0.05, 0.1) is 25.4 Å². The van der Waals surface area contributed by atoms with E-state index in [0.29, 0.717) is 25.9 Å². The molecule has 418 valence electrons. The molecule has 0 aromatic rings. The number of carbonyl (C=O) groups is 2. The summed E-state index contributed by atoms with van der Waals surface area (Å²) >= 11 is 0. The van der Waals surface area contributed by atoms with Crippen molar-refractivity contribution in [1.82, 2.24) is 5.32 Å². The average molecular weight is 991 g/mol. The quantitative estimate of drug-likeness (QED) is 0.0417. The highest BCUT2D eigenvalue weighted by atomic mass is 16.5. The summed E-state index contributed by atoms with van der Waals surface area (Å²) in [5, 5.41) is 23.3. The Labute approximate surface area is 438 Å². The lowest BCUT2D eigenvalue weighted by Gasteiger charge is -2.22. The van der Waals surface area contributed by atoms with Gasteiger partial charge in [0.15, 0.2) is 0 Å². The van der Waals surface area contributed by atoms with Crippen LogP contribution < -0.4 is 5.32 Å². The highest BCUT2D eigenvalue weighted by Crippen LogP contribution is 2.19. The van der Waals surface area contributed by atoms with E-state index in [2.05, 4.69) is 19.2 Å². The molecule has 0 bridgehead atoms. The predicted octanol–water partition coefficient (Wildman–Crippen LogP) is 20.3. The number of hydrogen-bond donors (Lipinski definition) is 3. The van der Waals surface area contributed by atoms with Crippen LogP contribution in [0.1, 0.15) is 373 Å². The number of aliphatic hydroxyl groups is 2. The van der Waals surface area contributed by atoms with Gasteiger partial charge in [-0.1, -0.05) is 335 Å². The molecule has 0 fully saturated rings. The van der Waals surface area contributed by atoms with Crippen LogP contribution in [0, 0.1) is 0 Å². The van der Waals surface area contributed by atoms with Gasteiger partial charge in [0, 0.05) is 12.8 Å². The van der Waals surface area contributed by atoms with Crippen LogP contribution in [0.4, 0.5) is 0 Å². The van der Waals surface area contributed by atoms with Crippen LogP contribution >= 0.6 is 0 Å². The fraction of sp³-hybridized carbons (Fsp3) is 0.969. The zero-order valence-electron chi connectivity index (χ0n) is 47.8. The molecule has 0 saturated carbocycles. The number of nitrogens with one attached hydrogen (secondary N) is 1. The van der Waals surface area contributed by atoms with Gasteiger partial charge in [-0.15, -0.1) is 0 Å². The average Bonchev–Trinajstić information content (AvgIpc) is 3.36.